The molecule has 0 saturated carbocycles. The lowest BCUT2D eigenvalue weighted by molar-refractivity contribution is -0.888. The lowest BCUT2D eigenvalue weighted by atomic mass is 9.75. The summed E-state index contributed by atoms with van der Waals surface area (Å²) < 4.78 is 12.9. The second-order valence-corrected chi connectivity index (χ2v) is 9.62. The molecule has 0 aliphatic rings. The van der Waals surface area contributed by atoms with Crippen molar-refractivity contribution in [3.05, 3.63) is 24.7 Å². The van der Waals surface area contributed by atoms with Crippen molar-refractivity contribution < 1.29 is 14.0 Å². The molecule has 0 amide bonds. The molecular formula is C23H47N2O2+. The van der Waals surface area contributed by atoms with Gasteiger partial charge in [-0.15, -0.1) is 0 Å². The van der Waals surface area contributed by atoms with Crippen LogP contribution in [0.4, 0.5) is 0 Å². The lowest BCUT2D eigenvalue weighted by Gasteiger charge is -2.35. The van der Waals surface area contributed by atoms with Gasteiger partial charge >= 0.3 is 0 Å². The Balaban J connectivity index is 4.63. The summed E-state index contributed by atoms with van der Waals surface area (Å²) in [6, 6.07) is 0. The van der Waals surface area contributed by atoms with Crippen molar-refractivity contribution in [2.24, 2.45) is 10.8 Å². The molecule has 1 atom stereocenters. The van der Waals surface area contributed by atoms with E-state index in [9.17, 15) is 0 Å². The van der Waals surface area contributed by atoms with Gasteiger partial charge in [-0.3, -0.25) is 0 Å². The summed E-state index contributed by atoms with van der Waals surface area (Å²) in [6.07, 6.45) is 3.02. The van der Waals surface area contributed by atoms with E-state index in [1.807, 2.05) is 0 Å². The quantitative estimate of drug-likeness (QED) is 0.296. The fraction of sp³-hybridized carbons (Fsp3) is 0.826. The molecule has 0 aromatic carbocycles. The summed E-state index contributed by atoms with van der Waals surface area (Å²) in [5.41, 5.74) is -0.0886. The zero-order chi connectivity index (χ0) is 21.3. The van der Waals surface area contributed by atoms with Gasteiger partial charge in [-0.1, -0.05) is 40.9 Å². The average molecular weight is 384 g/mol. The van der Waals surface area contributed by atoms with E-state index in [0.717, 1.165) is 54.9 Å². The summed E-state index contributed by atoms with van der Waals surface area (Å²) in [7, 11) is 8.57. The van der Waals surface area contributed by atoms with E-state index in [-0.39, 0.29) is 10.8 Å². The highest BCUT2D eigenvalue weighted by atomic mass is 16.5. The largest absolute Gasteiger partial charge is 0.497 e. The third-order valence-corrected chi connectivity index (χ3v) is 6.15. The highest BCUT2D eigenvalue weighted by Gasteiger charge is 2.32. The van der Waals surface area contributed by atoms with Crippen LogP contribution in [0.3, 0.4) is 0 Å². The summed E-state index contributed by atoms with van der Waals surface area (Å²) >= 11 is 0. The van der Waals surface area contributed by atoms with Crippen LogP contribution in [0.25, 0.3) is 0 Å². The van der Waals surface area contributed by atoms with Gasteiger partial charge in [0.1, 0.15) is 19.8 Å². The maximum atomic E-state index is 6.03. The molecule has 0 aliphatic heterocycles. The van der Waals surface area contributed by atoms with Crippen molar-refractivity contribution in [3.63, 3.8) is 0 Å². The van der Waals surface area contributed by atoms with Crippen molar-refractivity contribution >= 4 is 0 Å². The Kier molecular flexibility index (Phi) is 10.7. The molecule has 27 heavy (non-hydrogen) atoms. The van der Waals surface area contributed by atoms with Crippen LogP contribution in [0.1, 0.15) is 53.9 Å². The molecule has 0 bridgehead atoms. The molecule has 0 radical (unpaired) electrons. The first-order valence-electron chi connectivity index (χ1n) is 10.4. The minimum atomic E-state index is -0.0658. The van der Waals surface area contributed by atoms with Gasteiger partial charge in [0.25, 0.3) is 0 Å². The van der Waals surface area contributed by atoms with E-state index >= 15 is 0 Å². The van der Waals surface area contributed by atoms with E-state index in [1.165, 1.54) is 0 Å². The van der Waals surface area contributed by atoms with E-state index in [0.29, 0.717) is 13.2 Å². The van der Waals surface area contributed by atoms with Crippen molar-refractivity contribution in [1.82, 2.24) is 4.90 Å². The summed E-state index contributed by atoms with van der Waals surface area (Å²) in [5, 5.41) is 0. The highest BCUT2D eigenvalue weighted by Crippen LogP contribution is 2.41. The van der Waals surface area contributed by atoms with Gasteiger partial charge in [0, 0.05) is 17.4 Å². The van der Waals surface area contributed by atoms with Crippen LogP contribution in [0, 0.1) is 10.8 Å². The second kappa shape index (κ2) is 11.1. The van der Waals surface area contributed by atoms with Crippen molar-refractivity contribution in [2.45, 2.75) is 53.9 Å². The van der Waals surface area contributed by atoms with Crippen LogP contribution in [0.15, 0.2) is 24.7 Å². The second-order valence-electron chi connectivity index (χ2n) is 9.62. The average Bonchev–Trinajstić information content (AvgIpc) is 2.59. The summed E-state index contributed by atoms with van der Waals surface area (Å²) in [5.74, 6) is 1.78. The Morgan fingerprint density at radius 1 is 0.926 bits per heavy atom. The molecule has 4 heteroatoms. The monoisotopic (exact) mass is 383 g/mol. The number of hydrogen-bond acceptors (Lipinski definition) is 3. The Bertz CT molecular complexity index is 469. The standard InChI is InChI=1S/C23H47N2O2/c1-12-23(7,21(4)26-18-16-24(8)9)15-14-22(5,6)20(3)27-19-17-25(10,11)13-2/h3-4,12-19H2,1-2,5-11H3/q+1. The van der Waals surface area contributed by atoms with E-state index in [2.05, 4.69) is 80.9 Å². The number of nitrogens with zero attached hydrogens (tertiary/aromatic N) is 2. The maximum Gasteiger partial charge on any atom is 0.137 e. The van der Waals surface area contributed by atoms with Crippen LogP contribution in [0.2, 0.25) is 0 Å². The Morgan fingerprint density at radius 3 is 1.96 bits per heavy atom. The van der Waals surface area contributed by atoms with Gasteiger partial charge in [-0.05, 0) is 40.3 Å². The van der Waals surface area contributed by atoms with Gasteiger partial charge in [0.15, 0.2) is 0 Å². The van der Waals surface area contributed by atoms with Crippen molar-refractivity contribution in [3.8, 4) is 0 Å². The molecule has 0 rings (SSSR count). The number of quaternary nitrogens is 1. The van der Waals surface area contributed by atoms with E-state index in [1.54, 1.807) is 0 Å². The Morgan fingerprint density at radius 2 is 1.48 bits per heavy atom. The third-order valence-electron chi connectivity index (χ3n) is 6.15. The van der Waals surface area contributed by atoms with Crippen LogP contribution >= 0.6 is 0 Å². The SMILES string of the molecule is C=C(OCC[N+](C)(C)CC)C(C)(C)CCC(C)(CC)C(=C)OCCN(C)C. The van der Waals surface area contributed by atoms with Crippen LogP contribution in [0.5, 0.6) is 0 Å². The van der Waals surface area contributed by atoms with E-state index < -0.39 is 0 Å². The molecule has 0 saturated heterocycles. The predicted molar refractivity (Wildman–Crippen MR) is 118 cm³/mol. The molecule has 0 aromatic heterocycles. The molecular weight excluding hydrogens is 336 g/mol. The first kappa shape index (κ1) is 26.0. The van der Waals surface area contributed by atoms with Crippen molar-refractivity contribution in [1.29, 1.82) is 0 Å². The first-order valence-corrected chi connectivity index (χ1v) is 10.4. The van der Waals surface area contributed by atoms with Gasteiger partial charge in [0.05, 0.1) is 32.2 Å². The van der Waals surface area contributed by atoms with Crippen LogP contribution < -0.4 is 0 Å². The molecule has 0 fully saturated rings. The topological polar surface area (TPSA) is 21.7 Å². The molecule has 0 N–H and O–H groups in total. The van der Waals surface area contributed by atoms with Gasteiger partial charge in [-0.2, -0.15) is 0 Å². The van der Waals surface area contributed by atoms with Gasteiger partial charge in [-0.25, -0.2) is 0 Å². The summed E-state index contributed by atoms with van der Waals surface area (Å²) in [4.78, 5) is 2.12. The fourth-order valence-electron chi connectivity index (χ4n) is 2.54. The Labute approximate surface area is 169 Å². The number of rotatable bonds is 15. The van der Waals surface area contributed by atoms with Crippen molar-refractivity contribution in [2.75, 3.05) is 61.0 Å². The Hall–Kier alpha value is -1.00. The molecule has 1 unspecified atom stereocenters. The first-order chi connectivity index (χ1) is 12.3. The molecule has 0 aliphatic carbocycles. The number of likely N-dealkylation sites (N-methyl/N-ethyl adjacent to an activating group) is 2. The number of allylic oxidation sites excluding steroid dienone is 2. The number of ether oxygens (including phenoxy) is 2. The maximum absolute atomic E-state index is 6.03. The fourth-order valence-corrected chi connectivity index (χ4v) is 2.54. The minimum absolute atomic E-state index is 0.0229. The van der Waals surface area contributed by atoms with Gasteiger partial charge in [0.2, 0.25) is 0 Å². The number of hydrogen-bond donors (Lipinski definition) is 0. The molecule has 4 nitrogen and oxygen atoms in total. The lowest BCUT2D eigenvalue weighted by Crippen LogP contribution is -2.42. The van der Waals surface area contributed by atoms with E-state index in [4.69, 9.17) is 9.47 Å². The third kappa shape index (κ3) is 9.66. The molecule has 0 spiro atoms. The molecule has 0 heterocycles. The molecule has 160 valence electrons. The zero-order valence-electron chi connectivity index (χ0n) is 19.8. The van der Waals surface area contributed by atoms with Crippen LogP contribution in [-0.2, 0) is 9.47 Å². The highest BCUT2D eigenvalue weighted by molar-refractivity contribution is 5.04. The normalized spacial score (nSPS) is 14.7. The smallest absolute Gasteiger partial charge is 0.137 e. The molecule has 0 aromatic rings. The minimum Gasteiger partial charge on any atom is -0.497 e. The predicted octanol–water partition coefficient (Wildman–Crippen LogP) is 4.93. The zero-order valence-corrected chi connectivity index (χ0v) is 19.8. The summed E-state index contributed by atoms with van der Waals surface area (Å²) in [6.45, 7) is 24.0. The van der Waals surface area contributed by atoms with Crippen LogP contribution in [-0.4, -0.2) is 70.4 Å². The van der Waals surface area contributed by atoms with Gasteiger partial charge < -0.3 is 18.9 Å².